The fourth-order valence-corrected chi connectivity index (χ4v) is 2.88. The summed E-state index contributed by atoms with van der Waals surface area (Å²) in [6.07, 6.45) is 6.75. The van der Waals surface area contributed by atoms with Gasteiger partial charge in [-0.05, 0) is 38.0 Å². The molecule has 1 aliphatic heterocycles. The fourth-order valence-electron chi connectivity index (χ4n) is 2.88. The van der Waals surface area contributed by atoms with Gasteiger partial charge in [0.1, 0.15) is 12.1 Å². The molecule has 1 atom stereocenters. The van der Waals surface area contributed by atoms with Crippen molar-refractivity contribution in [2.45, 2.75) is 38.6 Å². The van der Waals surface area contributed by atoms with Crippen molar-refractivity contribution in [3.63, 3.8) is 0 Å². The molecule has 4 nitrogen and oxygen atoms in total. The number of hydrogen-bond acceptors (Lipinski definition) is 4. The lowest BCUT2D eigenvalue weighted by atomic mass is 10.1. The van der Waals surface area contributed by atoms with Gasteiger partial charge in [-0.15, -0.1) is 0 Å². The average Bonchev–Trinajstić information content (AvgIpc) is 2.62. The smallest absolute Gasteiger partial charge is 0.140 e. The van der Waals surface area contributed by atoms with Crippen LogP contribution < -0.4 is 10.6 Å². The lowest BCUT2D eigenvalue weighted by molar-refractivity contribution is 0.612. The van der Waals surface area contributed by atoms with Crippen LogP contribution in [0.5, 0.6) is 0 Å². The van der Waals surface area contributed by atoms with E-state index in [9.17, 15) is 0 Å². The highest BCUT2D eigenvalue weighted by Crippen LogP contribution is 2.28. The van der Waals surface area contributed by atoms with Crippen LogP contribution in [0, 0.1) is 0 Å². The summed E-state index contributed by atoms with van der Waals surface area (Å²) in [5.74, 6) is 1.06. The molecule has 1 aliphatic rings. The molecule has 0 radical (unpaired) electrons. The Morgan fingerprint density at radius 3 is 3.00 bits per heavy atom. The Balaban J connectivity index is 2.08. The predicted octanol–water partition coefficient (Wildman–Crippen LogP) is 2.98. The molecule has 0 aliphatic carbocycles. The van der Waals surface area contributed by atoms with Crippen molar-refractivity contribution in [2.75, 3.05) is 17.2 Å². The lowest BCUT2D eigenvalue weighted by Gasteiger charge is -2.29. The highest BCUT2D eigenvalue weighted by atomic mass is 15.2. The minimum atomic E-state index is 0.540. The summed E-state index contributed by atoms with van der Waals surface area (Å²) in [5, 5.41) is 1.10. The van der Waals surface area contributed by atoms with E-state index < -0.39 is 0 Å². The fraction of sp³-hybridized carbons (Fsp3) is 0.467. The van der Waals surface area contributed by atoms with E-state index in [1.807, 2.05) is 18.2 Å². The molecule has 1 unspecified atom stereocenters. The minimum Gasteiger partial charge on any atom is -0.399 e. The summed E-state index contributed by atoms with van der Waals surface area (Å²) in [6.45, 7) is 3.37. The molecule has 1 aromatic heterocycles. The number of benzene rings is 1. The van der Waals surface area contributed by atoms with Crippen LogP contribution in [0.25, 0.3) is 10.9 Å². The van der Waals surface area contributed by atoms with E-state index in [0.717, 1.165) is 29.0 Å². The first-order valence-electron chi connectivity index (χ1n) is 7.02. The quantitative estimate of drug-likeness (QED) is 0.797. The van der Waals surface area contributed by atoms with E-state index in [4.69, 9.17) is 5.73 Å². The molecule has 1 saturated heterocycles. The summed E-state index contributed by atoms with van der Waals surface area (Å²) in [6, 6.07) is 6.43. The second-order valence-corrected chi connectivity index (χ2v) is 5.37. The summed E-state index contributed by atoms with van der Waals surface area (Å²) in [7, 11) is 0. The number of fused-ring (bicyclic) bond motifs is 1. The van der Waals surface area contributed by atoms with Crippen molar-refractivity contribution in [1.82, 2.24) is 9.97 Å². The zero-order valence-corrected chi connectivity index (χ0v) is 11.3. The van der Waals surface area contributed by atoms with Gasteiger partial charge in [-0.1, -0.05) is 12.8 Å². The van der Waals surface area contributed by atoms with Crippen LogP contribution in [0.1, 0.15) is 32.6 Å². The topological polar surface area (TPSA) is 55.0 Å². The van der Waals surface area contributed by atoms with E-state index in [1.165, 1.54) is 25.7 Å². The first-order chi connectivity index (χ1) is 9.25. The molecule has 1 aromatic carbocycles. The van der Waals surface area contributed by atoms with Gasteiger partial charge >= 0.3 is 0 Å². The largest absolute Gasteiger partial charge is 0.399 e. The molecular weight excluding hydrogens is 236 g/mol. The van der Waals surface area contributed by atoms with Crippen molar-refractivity contribution < 1.29 is 0 Å². The molecular formula is C15H20N4. The maximum atomic E-state index is 5.83. The SMILES string of the molecule is CC1CCCCCN1c1ncnc2cc(N)ccc12. The van der Waals surface area contributed by atoms with Crippen molar-refractivity contribution in [3.05, 3.63) is 24.5 Å². The Morgan fingerprint density at radius 2 is 2.11 bits per heavy atom. The lowest BCUT2D eigenvalue weighted by Crippen LogP contribution is -2.33. The zero-order chi connectivity index (χ0) is 13.2. The number of rotatable bonds is 1. The highest BCUT2D eigenvalue weighted by molar-refractivity contribution is 5.91. The van der Waals surface area contributed by atoms with Crippen LogP contribution in [0.3, 0.4) is 0 Å². The van der Waals surface area contributed by atoms with Gasteiger partial charge in [0.25, 0.3) is 0 Å². The minimum absolute atomic E-state index is 0.540. The van der Waals surface area contributed by atoms with Gasteiger partial charge in [0.2, 0.25) is 0 Å². The van der Waals surface area contributed by atoms with Gasteiger partial charge in [-0.25, -0.2) is 9.97 Å². The molecule has 3 rings (SSSR count). The van der Waals surface area contributed by atoms with Crippen LogP contribution in [-0.4, -0.2) is 22.6 Å². The molecule has 0 amide bonds. The number of nitrogen functional groups attached to an aromatic ring is 1. The average molecular weight is 256 g/mol. The molecule has 0 spiro atoms. The van der Waals surface area contributed by atoms with Crippen LogP contribution in [0.15, 0.2) is 24.5 Å². The van der Waals surface area contributed by atoms with E-state index in [1.54, 1.807) is 6.33 Å². The van der Waals surface area contributed by atoms with E-state index >= 15 is 0 Å². The molecule has 1 fully saturated rings. The van der Waals surface area contributed by atoms with Crippen molar-refractivity contribution in [3.8, 4) is 0 Å². The third kappa shape index (κ3) is 2.35. The van der Waals surface area contributed by atoms with Crippen molar-refractivity contribution >= 4 is 22.4 Å². The maximum absolute atomic E-state index is 5.83. The second kappa shape index (κ2) is 5.03. The van der Waals surface area contributed by atoms with Gasteiger partial charge < -0.3 is 10.6 Å². The standard InChI is InChI=1S/C15H20N4/c1-11-5-3-2-4-8-19(11)15-13-7-6-12(16)9-14(13)17-10-18-15/h6-7,9-11H,2-5,8,16H2,1H3. The zero-order valence-electron chi connectivity index (χ0n) is 11.3. The van der Waals surface area contributed by atoms with Crippen molar-refractivity contribution in [1.29, 1.82) is 0 Å². The molecule has 0 saturated carbocycles. The summed E-state index contributed by atoms with van der Waals surface area (Å²) >= 11 is 0. The maximum Gasteiger partial charge on any atom is 0.140 e. The number of anilines is 2. The molecule has 100 valence electrons. The second-order valence-electron chi connectivity index (χ2n) is 5.37. The van der Waals surface area contributed by atoms with E-state index in [2.05, 4.69) is 21.8 Å². The molecule has 19 heavy (non-hydrogen) atoms. The molecule has 2 heterocycles. The van der Waals surface area contributed by atoms with Gasteiger partial charge in [-0.3, -0.25) is 0 Å². The van der Waals surface area contributed by atoms with Crippen LogP contribution in [0.2, 0.25) is 0 Å². The first-order valence-corrected chi connectivity index (χ1v) is 7.02. The Labute approximate surface area is 113 Å². The molecule has 0 bridgehead atoms. The highest BCUT2D eigenvalue weighted by Gasteiger charge is 2.20. The first kappa shape index (κ1) is 12.2. The summed E-state index contributed by atoms with van der Waals surface area (Å²) in [4.78, 5) is 11.3. The third-order valence-corrected chi connectivity index (χ3v) is 3.96. The van der Waals surface area contributed by atoms with E-state index in [-0.39, 0.29) is 0 Å². The summed E-state index contributed by atoms with van der Waals surface area (Å²) < 4.78 is 0. The number of aromatic nitrogens is 2. The Bertz CT molecular complexity index is 581. The Kier molecular flexibility index (Phi) is 3.23. The third-order valence-electron chi connectivity index (χ3n) is 3.96. The van der Waals surface area contributed by atoms with Crippen LogP contribution in [0.4, 0.5) is 11.5 Å². The van der Waals surface area contributed by atoms with Gasteiger partial charge in [0, 0.05) is 23.7 Å². The monoisotopic (exact) mass is 256 g/mol. The summed E-state index contributed by atoms with van der Waals surface area (Å²) in [5.41, 5.74) is 7.51. The Morgan fingerprint density at radius 1 is 1.21 bits per heavy atom. The van der Waals surface area contributed by atoms with E-state index in [0.29, 0.717) is 6.04 Å². The molecule has 4 heteroatoms. The number of nitrogens with two attached hydrogens (primary N) is 1. The van der Waals surface area contributed by atoms with Crippen LogP contribution in [-0.2, 0) is 0 Å². The van der Waals surface area contributed by atoms with Gasteiger partial charge in [0.05, 0.1) is 5.52 Å². The normalized spacial score (nSPS) is 20.5. The number of nitrogens with zero attached hydrogens (tertiary/aromatic N) is 3. The van der Waals surface area contributed by atoms with Gasteiger partial charge in [0.15, 0.2) is 0 Å². The predicted molar refractivity (Wildman–Crippen MR) is 79.2 cm³/mol. The van der Waals surface area contributed by atoms with Gasteiger partial charge in [-0.2, -0.15) is 0 Å². The van der Waals surface area contributed by atoms with Crippen molar-refractivity contribution in [2.24, 2.45) is 0 Å². The molecule has 2 N–H and O–H groups in total. The molecule has 2 aromatic rings. The van der Waals surface area contributed by atoms with Crippen LogP contribution >= 0.6 is 0 Å². The Hall–Kier alpha value is -1.84. The number of hydrogen-bond donors (Lipinski definition) is 1.